The van der Waals surface area contributed by atoms with Gasteiger partial charge in [-0.3, -0.25) is 4.79 Å². The highest BCUT2D eigenvalue weighted by Crippen LogP contribution is 2.27. The van der Waals surface area contributed by atoms with Gasteiger partial charge < -0.3 is 10.6 Å². The lowest BCUT2D eigenvalue weighted by Gasteiger charge is -2.20. The van der Waals surface area contributed by atoms with Crippen molar-refractivity contribution in [2.75, 3.05) is 11.9 Å². The lowest BCUT2D eigenvalue weighted by Crippen LogP contribution is -2.43. The summed E-state index contributed by atoms with van der Waals surface area (Å²) in [6, 6.07) is 2.76. The zero-order chi connectivity index (χ0) is 13.9. The Morgan fingerprint density at radius 2 is 1.78 bits per heavy atom. The van der Waals surface area contributed by atoms with E-state index in [1.807, 2.05) is 20.8 Å². The number of hydrogen-bond donors (Lipinski definition) is 2. The van der Waals surface area contributed by atoms with Gasteiger partial charge >= 0.3 is 0 Å². The van der Waals surface area contributed by atoms with Gasteiger partial charge in [-0.2, -0.15) is 0 Å². The van der Waals surface area contributed by atoms with Crippen LogP contribution in [0.15, 0.2) is 12.1 Å². The third kappa shape index (κ3) is 4.70. The molecule has 0 spiro atoms. The van der Waals surface area contributed by atoms with Crippen molar-refractivity contribution in [1.29, 1.82) is 0 Å². The molecule has 0 bridgehead atoms. The zero-order valence-corrected chi connectivity index (χ0v) is 11.9. The highest BCUT2D eigenvalue weighted by Gasteiger charge is 2.13. The van der Waals surface area contributed by atoms with Gasteiger partial charge in [0.1, 0.15) is 0 Å². The molecule has 0 unspecified atom stereocenters. The van der Waals surface area contributed by atoms with Crippen LogP contribution in [0, 0.1) is 5.82 Å². The smallest absolute Gasteiger partial charge is 0.239 e. The number of amides is 1. The normalized spacial score (nSPS) is 11.2. The molecule has 0 aliphatic carbocycles. The van der Waals surface area contributed by atoms with Crippen molar-refractivity contribution in [3.63, 3.8) is 0 Å². The van der Waals surface area contributed by atoms with Gasteiger partial charge in [0.25, 0.3) is 0 Å². The van der Waals surface area contributed by atoms with Crippen LogP contribution in [-0.2, 0) is 4.79 Å². The third-order valence-corrected chi connectivity index (χ3v) is 2.50. The molecule has 18 heavy (non-hydrogen) atoms. The fourth-order valence-electron chi connectivity index (χ4n) is 1.30. The molecule has 0 aliphatic heterocycles. The van der Waals surface area contributed by atoms with E-state index in [1.54, 1.807) is 0 Å². The van der Waals surface area contributed by atoms with Crippen LogP contribution in [0.25, 0.3) is 0 Å². The highest BCUT2D eigenvalue weighted by molar-refractivity contribution is 6.35. The summed E-state index contributed by atoms with van der Waals surface area (Å²) >= 11 is 11.3. The summed E-state index contributed by atoms with van der Waals surface area (Å²) in [6.07, 6.45) is 0. The van der Waals surface area contributed by atoms with Crippen molar-refractivity contribution in [3.05, 3.63) is 28.0 Å². The molecular formula is C12H15Cl2FN2O. The third-order valence-electron chi connectivity index (χ3n) is 1.95. The van der Waals surface area contributed by atoms with E-state index in [2.05, 4.69) is 10.6 Å². The van der Waals surface area contributed by atoms with Gasteiger partial charge in [0.15, 0.2) is 5.82 Å². The number of halogens is 3. The Bertz CT molecular complexity index is 435. The minimum Gasteiger partial charge on any atom is -0.376 e. The number of carbonyl (C=O) groups excluding carboxylic acids is 1. The Morgan fingerprint density at radius 3 is 2.22 bits per heavy atom. The van der Waals surface area contributed by atoms with Crippen LogP contribution in [0.4, 0.5) is 10.1 Å². The van der Waals surface area contributed by atoms with Gasteiger partial charge in [-0.1, -0.05) is 23.2 Å². The van der Waals surface area contributed by atoms with Crippen molar-refractivity contribution in [2.45, 2.75) is 26.3 Å². The van der Waals surface area contributed by atoms with E-state index in [9.17, 15) is 9.18 Å². The summed E-state index contributed by atoms with van der Waals surface area (Å²) in [6.45, 7) is 5.72. The van der Waals surface area contributed by atoms with Gasteiger partial charge in [0.2, 0.25) is 5.91 Å². The Balaban J connectivity index is 2.62. The van der Waals surface area contributed by atoms with Crippen molar-refractivity contribution >= 4 is 34.8 Å². The number of rotatable bonds is 3. The van der Waals surface area contributed by atoms with Crippen LogP contribution in [0.5, 0.6) is 0 Å². The van der Waals surface area contributed by atoms with Gasteiger partial charge in [0.05, 0.1) is 16.6 Å². The standard InChI is InChI=1S/C12H15Cl2FN2O/c1-12(2,3)17-10(18)6-16-7-4-8(13)11(15)9(14)5-7/h4-5,16H,6H2,1-3H3,(H,17,18). The van der Waals surface area contributed by atoms with Gasteiger partial charge in [-0.25, -0.2) is 4.39 Å². The van der Waals surface area contributed by atoms with E-state index < -0.39 is 5.82 Å². The molecule has 1 amide bonds. The number of carbonyl (C=O) groups is 1. The molecule has 100 valence electrons. The van der Waals surface area contributed by atoms with Crippen molar-refractivity contribution in [3.8, 4) is 0 Å². The fraction of sp³-hybridized carbons (Fsp3) is 0.417. The first-order valence-corrected chi connectivity index (χ1v) is 6.14. The maximum absolute atomic E-state index is 13.2. The maximum atomic E-state index is 13.2. The van der Waals surface area contributed by atoms with Crippen LogP contribution >= 0.6 is 23.2 Å². The second-order valence-electron chi connectivity index (χ2n) is 4.91. The summed E-state index contributed by atoms with van der Waals surface area (Å²) in [4.78, 5) is 11.6. The Kier molecular flexibility index (Phi) is 4.82. The average Bonchev–Trinajstić information content (AvgIpc) is 2.20. The summed E-state index contributed by atoms with van der Waals surface area (Å²) in [5.41, 5.74) is 0.201. The van der Waals surface area contributed by atoms with Gasteiger partial charge in [-0.05, 0) is 32.9 Å². The summed E-state index contributed by atoms with van der Waals surface area (Å²) in [5.74, 6) is -0.831. The first-order valence-electron chi connectivity index (χ1n) is 5.38. The molecule has 0 saturated heterocycles. The predicted molar refractivity (Wildman–Crippen MR) is 72.8 cm³/mol. The van der Waals surface area contributed by atoms with E-state index in [4.69, 9.17) is 23.2 Å². The Morgan fingerprint density at radius 1 is 1.28 bits per heavy atom. The van der Waals surface area contributed by atoms with E-state index in [1.165, 1.54) is 12.1 Å². The van der Waals surface area contributed by atoms with E-state index in [-0.39, 0.29) is 28.0 Å². The average molecular weight is 293 g/mol. The zero-order valence-electron chi connectivity index (χ0n) is 10.4. The van der Waals surface area contributed by atoms with Crippen LogP contribution in [-0.4, -0.2) is 18.0 Å². The number of nitrogens with one attached hydrogen (secondary N) is 2. The number of benzene rings is 1. The molecule has 2 N–H and O–H groups in total. The second-order valence-corrected chi connectivity index (χ2v) is 5.72. The summed E-state index contributed by atoms with van der Waals surface area (Å²) in [7, 11) is 0. The number of hydrogen-bond acceptors (Lipinski definition) is 2. The Hall–Kier alpha value is -1.00. The van der Waals surface area contributed by atoms with Crippen LogP contribution in [0.1, 0.15) is 20.8 Å². The van der Waals surface area contributed by atoms with Gasteiger partial charge in [-0.15, -0.1) is 0 Å². The largest absolute Gasteiger partial charge is 0.376 e. The lowest BCUT2D eigenvalue weighted by atomic mass is 10.1. The first kappa shape index (κ1) is 15.1. The molecule has 0 fully saturated rings. The molecule has 0 aromatic heterocycles. The molecule has 3 nitrogen and oxygen atoms in total. The number of anilines is 1. The molecule has 0 aliphatic rings. The predicted octanol–water partition coefficient (Wildman–Crippen LogP) is 3.46. The monoisotopic (exact) mass is 292 g/mol. The SMILES string of the molecule is CC(C)(C)NC(=O)CNc1cc(Cl)c(F)c(Cl)c1. The first-order chi connectivity index (χ1) is 8.19. The molecule has 0 heterocycles. The van der Waals surface area contributed by atoms with Gasteiger partial charge in [0, 0.05) is 11.2 Å². The van der Waals surface area contributed by atoms with E-state index in [0.29, 0.717) is 5.69 Å². The highest BCUT2D eigenvalue weighted by atomic mass is 35.5. The topological polar surface area (TPSA) is 41.1 Å². The molecule has 1 aromatic carbocycles. The molecule has 1 aromatic rings. The molecular weight excluding hydrogens is 278 g/mol. The second kappa shape index (κ2) is 5.76. The Labute approximate surface area is 116 Å². The van der Waals surface area contributed by atoms with Crippen LogP contribution in [0.2, 0.25) is 10.0 Å². The quantitative estimate of drug-likeness (QED) is 0.838. The van der Waals surface area contributed by atoms with Crippen LogP contribution in [0.3, 0.4) is 0 Å². The fourth-order valence-corrected chi connectivity index (χ4v) is 1.79. The van der Waals surface area contributed by atoms with Crippen molar-refractivity contribution < 1.29 is 9.18 Å². The van der Waals surface area contributed by atoms with Crippen molar-refractivity contribution in [1.82, 2.24) is 5.32 Å². The molecule has 1 rings (SSSR count). The lowest BCUT2D eigenvalue weighted by molar-refractivity contribution is -0.120. The van der Waals surface area contributed by atoms with E-state index in [0.717, 1.165) is 0 Å². The van der Waals surface area contributed by atoms with E-state index >= 15 is 0 Å². The van der Waals surface area contributed by atoms with Crippen LogP contribution < -0.4 is 10.6 Å². The molecule has 0 atom stereocenters. The summed E-state index contributed by atoms with van der Waals surface area (Å²) < 4.78 is 13.2. The molecule has 0 saturated carbocycles. The summed E-state index contributed by atoms with van der Waals surface area (Å²) in [5, 5.41) is 5.45. The maximum Gasteiger partial charge on any atom is 0.239 e. The van der Waals surface area contributed by atoms with Crippen molar-refractivity contribution in [2.24, 2.45) is 0 Å². The minimum atomic E-state index is -0.664. The minimum absolute atomic E-state index is 0.0650. The molecule has 6 heteroatoms. The molecule has 0 radical (unpaired) electrons.